The molecule has 1 amide bonds. The average molecular weight is 529 g/mol. The minimum Gasteiger partial charge on any atom is -0.272 e. The highest BCUT2D eigenvalue weighted by Gasteiger charge is 2.19. The second-order valence-electron chi connectivity index (χ2n) is 9.63. The smallest absolute Gasteiger partial charge is 0.269 e. The van der Waals surface area contributed by atoms with Crippen molar-refractivity contribution in [2.24, 2.45) is 5.10 Å². The van der Waals surface area contributed by atoms with Crippen molar-refractivity contribution < 1.29 is 9.72 Å². The standard InChI is InChI=1S/C28H28N6O3S/c1-19(20-12-16-24(17-13-20)34(36)37)29-30-25(35)18-38-27-32-31-26(33(27)23-8-6-5-7-9-23)21-10-14-22(15-11-21)28(2,3)4/h5-17H,18H2,1-4H3,(H,30,35). The summed E-state index contributed by atoms with van der Waals surface area (Å²) < 4.78 is 1.94. The maximum atomic E-state index is 12.6. The molecule has 0 aliphatic rings. The number of non-ortho nitro benzene ring substituents is 1. The van der Waals surface area contributed by atoms with Gasteiger partial charge in [0, 0.05) is 23.4 Å². The van der Waals surface area contributed by atoms with Gasteiger partial charge in [-0.05, 0) is 47.7 Å². The Hall–Kier alpha value is -4.31. The van der Waals surface area contributed by atoms with Crippen molar-refractivity contribution in [3.8, 4) is 17.1 Å². The molecule has 3 aromatic carbocycles. The molecular formula is C28H28N6O3S. The van der Waals surface area contributed by atoms with Crippen LogP contribution in [0.3, 0.4) is 0 Å². The summed E-state index contributed by atoms with van der Waals surface area (Å²) >= 11 is 1.26. The molecule has 0 unspecified atom stereocenters. The van der Waals surface area contributed by atoms with E-state index in [1.807, 2.05) is 47.0 Å². The van der Waals surface area contributed by atoms with Crippen molar-refractivity contribution in [3.05, 3.63) is 100 Å². The number of thioether (sulfide) groups is 1. The molecule has 4 aromatic rings. The van der Waals surface area contributed by atoms with Crippen LogP contribution in [0.1, 0.15) is 38.8 Å². The summed E-state index contributed by atoms with van der Waals surface area (Å²) in [6.45, 7) is 8.24. The van der Waals surface area contributed by atoms with Gasteiger partial charge in [0.15, 0.2) is 11.0 Å². The SMILES string of the molecule is CC(=NNC(=O)CSc1nnc(-c2ccc(C(C)(C)C)cc2)n1-c1ccccc1)c1ccc([N+](=O)[O-])cc1. The molecule has 10 heteroatoms. The Morgan fingerprint density at radius 3 is 2.26 bits per heavy atom. The molecular weight excluding hydrogens is 500 g/mol. The number of aromatic nitrogens is 3. The van der Waals surface area contributed by atoms with E-state index in [-0.39, 0.29) is 22.8 Å². The van der Waals surface area contributed by atoms with Crippen LogP contribution < -0.4 is 5.43 Å². The van der Waals surface area contributed by atoms with Crippen LogP contribution in [0.5, 0.6) is 0 Å². The Morgan fingerprint density at radius 2 is 1.66 bits per heavy atom. The molecule has 9 nitrogen and oxygen atoms in total. The normalized spacial score (nSPS) is 11.8. The number of benzene rings is 3. The van der Waals surface area contributed by atoms with E-state index in [9.17, 15) is 14.9 Å². The zero-order chi connectivity index (χ0) is 27.3. The number of nitro benzene ring substituents is 1. The van der Waals surface area contributed by atoms with Crippen LogP contribution >= 0.6 is 11.8 Å². The van der Waals surface area contributed by atoms with E-state index in [4.69, 9.17) is 0 Å². The Labute approximate surface area is 225 Å². The van der Waals surface area contributed by atoms with Gasteiger partial charge in [-0.15, -0.1) is 10.2 Å². The van der Waals surface area contributed by atoms with Gasteiger partial charge in [-0.3, -0.25) is 19.5 Å². The highest BCUT2D eigenvalue weighted by Crippen LogP contribution is 2.30. The maximum absolute atomic E-state index is 12.6. The van der Waals surface area contributed by atoms with Crippen molar-refractivity contribution in [2.45, 2.75) is 38.3 Å². The van der Waals surface area contributed by atoms with E-state index in [1.54, 1.807) is 19.1 Å². The third-order valence-corrected chi connectivity index (χ3v) is 6.76. The minimum atomic E-state index is -0.463. The average Bonchev–Trinajstić information content (AvgIpc) is 3.34. The number of carbonyl (C=O) groups is 1. The Kier molecular flexibility index (Phi) is 8.02. The molecule has 38 heavy (non-hydrogen) atoms. The van der Waals surface area contributed by atoms with Gasteiger partial charge in [0.05, 0.1) is 16.4 Å². The number of hydrogen-bond acceptors (Lipinski definition) is 7. The van der Waals surface area contributed by atoms with Crippen LogP contribution in [-0.4, -0.2) is 37.1 Å². The lowest BCUT2D eigenvalue weighted by Gasteiger charge is -2.19. The molecule has 0 spiro atoms. The zero-order valence-electron chi connectivity index (χ0n) is 21.6. The number of nitrogens with zero attached hydrogens (tertiary/aromatic N) is 5. The summed E-state index contributed by atoms with van der Waals surface area (Å²) in [5, 5.41) is 24.4. The second-order valence-corrected chi connectivity index (χ2v) is 10.6. The molecule has 4 rings (SSSR count). The Bertz CT molecular complexity index is 1460. The van der Waals surface area contributed by atoms with Gasteiger partial charge in [-0.2, -0.15) is 5.10 Å². The van der Waals surface area contributed by atoms with Gasteiger partial charge in [0.1, 0.15) is 0 Å². The lowest BCUT2D eigenvalue weighted by Crippen LogP contribution is -2.21. The van der Waals surface area contributed by atoms with Crippen LogP contribution in [0.2, 0.25) is 0 Å². The first-order valence-corrected chi connectivity index (χ1v) is 12.9. The largest absolute Gasteiger partial charge is 0.272 e. The van der Waals surface area contributed by atoms with Crippen LogP contribution in [0.4, 0.5) is 5.69 Å². The molecule has 0 saturated heterocycles. The van der Waals surface area contributed by atoms with E-state index in [0.29, 0.717) is 22.3 Å². The Morgan fingerprint density at radius 1 is 1.00 bits per heavy atom. The van der Waals surface area contributed by atoms with Gasteiger partial charge >= 0.3 is 0 Å². The molecule has 194 valence electrons. The number of hydrazone groups is 1. The number of nitrogens with one attached hydrogen (secondary N) is 1. The minimum absolute atomic E-state index is 0.00553. The molecule has 0 aliphatic heterocycles. The van der Waals surface area contributed by atoms with Crippen molar-refractivity contribution in [3.63, 3.8) is 0 Å². The number of para-hydroxylation sites is 1. The van der Waals surface area contributed by atoms with Crippen LogP contribution in [0, 0.1) is 10.1 Å². The summed E-state index contributed by atoms with van der Waals surface area (Å²) in [6, 6.07) is 24.0. The molecule has 0 radical (unpaired) electrons. The fraction of sp³-hybridized carbons (Fsp3) is 0.214. The zero-order valence-corrected chi connectivity index (χ0v) is 22.4. The van der Waals surface area contributed by atoms with Crippen molar-refractivity contribution in [1.29, 1.82) is 0 Å². The molecule has 1 N–H and O–H groups in total. The van der Waals surface area contributed by atoms with Gasteiger partial charge < -0.3 is 0 Å². The van der Waals surface area contributed by atoms with Gasteiger partial charge in [-0.25, -0.2) is 5.43 Å². The highest BCUT2D eigenvalue weighted by molar-refractivity contribution is 7.99. The highest BCUT2D eigenvalue weighted by atomic mass is 32.2. The van der Waals surface area contributed by atoms with Gasteiger partial charge in [0.2, 0.25) is 0 Å². The predicted molar refractivity (Wildman–Crippen MR) is 150 cm³/mol. The lowest BCUT2D eigenvalue weighted by molar-refractivity contribution is -0.384. The summed E-state index contributed by atoms with van der Waals surface area (Å²) in [7, 11) is 0. The van der Waals surface area contributed by atoms with Gasteiger partial charge in [-0.1, -0.05) is 75.0 Å². The first kappa shape index (κ1) is 26.7. The molecule has 0 aliphatic carbocycles. The molecule has 0 fully saturated rings. The summed E-state index contributed by atoms with van der Waals surface area (Å²) in [5.41, 5.74) is 6.83. The predicted octanol–water partition coefficient (Wildman–Crippen LogP) is 5.77. The second kappa shape index (κ2) is 11.4. The number of hydrogen-bond donors (Lipinski definition) is 1. The maximum Gasteiger partial charge on any atom is 0.269 e. The topological polar surface area (TPSA) is 115 Å². The van der Waals surface area contributed by atoms with E-state index in [1.165, 1.54) is 29.5 Å². The quantitative estimate of drug-likeness (QED) is 0.134. The molecule has 0 atom stereocenters. The van der Waals surface area contributed by atoms with Crippen molar-refractivity contribution >= 4 is 29.1 Å². The van der Waals surface area contributed by atoms with Crippen LogP contribution in [-0.2, 0) is 10.2 Å². The fourth-order valence-electron chi connectivity index (χ4n) is 3.68. The third kappa shape index (κ3) is 6.33. The first-order chi connectivity index (χ1) is 18.1. The third-order valence-electron chi connectivity index (χ3n) is 5.83. The van der Waals surface area contributed by atoms with Crippen molar-refractivity contribution in [2.75, 3.05) is 5.75 Å². The van der Waals surface area contributed by atoms with Crippen LogP contribution in [0.15, 0.2) is 89.1 Å². The summed E-state index contributed by atoms with van der Waals surface area (Å²) in [5.74, 6) is 0.451. The Balaban J connectivity index is 1.50. The number of rotatable bonds is 8. The fourth-order valence-corrected chi connectivity index (χ4v) is 4.42. The van der Waals surface area contributed by atoms with E-state index in [2.05, 4.69) is 53.6 Å². The number of nitro groups is 1. The van der Waals surface area contributed by atoms with Crippen LogP contribution in [0.25, 0.3) is 17.1 Å². The molecule has 0 saturated carbocycles. The summed E-state index contributed by atoms with van der Waals surface area (Å²) in [6.07, 6.45) is 0. The molecule has 1 heterocycles. The molecule has 0 bridgehead atoms. The van der Waals surface area contributed by atoms with Gasteiger partial charge in [0.25, 0.3) is 11.6 Å². The van der Waals surface area contributed by atoms with E-state index >= 15 is 0 Å². The van der Waals surface area contributed by atoms with E-state index in [0.717, 1.165) is 11.3 Å². The van der Waals surface area contributed by atoms with Crippen molar-refractivity contribution in [1.82, 2.24) is 20.2 Å². The number of carbonyl (C=O) groups excluding carboxylic acids is 1. The lowest BCUT2D eigenvalue weighted by atomic mass is 9.87. The monoisotopic (exact) mass is 528 g/mol. The number of amides is 1. The first-order valence-electron chi connectivity index (χ1n) is 12.0. The summed E-state index contributed by atoms with van der Waals surface area (Å²) in [4.78, 5) is 22.9. The molecule has 1 aromatic heterocycles. The van der Waals surface area contributed by atoms with E-state index < -0.39 is 4.92 Å².